The quantitative estimate of drug-likeness (QED) is 0.799. The number of anilines is 1. The predicted octanol–water partition coefficient (Wildman–Crippen LogP) is 2.03. The fourth-order valence-electron chi connectivity index (χ4n) is 2.81. The largest absolute Gasteiger partial charge is 0.388 e. The lowest BCUT2D eigenvalue weighted by Gasteiger charge is -2.32. The van der Waals surface area contributed by atoms with E-state index < -0.39 is 5.60 Å². The zero-order valence-corrected chi connectivity index (χ0v) is 11.4. The minimum atomic E-state index is -0.678. The molecule has 106 valence electrons. The lowest BCUT2D eigenvalue weighted by molar-refractivity contribution is 0.0166. The Bertz CT molecular complexity index is 659. The molecule has 1 heterocycles. The molecule has 2 aromatic rings. The molecule has 1 aliphatic carbocycles. The zero-order valence-electron chi connectivity index (χ0n) is 11.4. The molecule has 3 N–H and O–H groups in total. The van der Waals surface area contributed by atoms with Crippen LogP contribution in [0, 0.1) is 0 Å². The topological polar surface area (TPSA) is 78.0 Å². The number of rotatable bonds is 3. The molecule has 5 nitrogen and oxygen atoms in total. The van der Waals surface area contributed by atoms with Gasteiger partial charge >= 0.3 is 0 Å². The highest BCUT2D eigenvalue weighted by atomic mass is 16.3. The average Bonchev–Trinajstić information content (AvgIpc) is 2.46. The molecule has 1 fully saturated rings. The Kier molecular flexibility index (Phi) is 3.44. The molecule has 1 aromatic carbocycles. The molecule has 0 spiro atoms. The van der Waals surface area contributed by atoms with Gasteiger partial charge in [0, 0.05) is 6.54 Å². The van der Waals surface area contributed by atoms with Crippen LogP contribution in [-0.2, 0) is 0 Å². The van der Waals surface area contributed by atoms with E-state index >= 15 is 0 Å². The van der Waals surface area contributed by atoms with Gasteiger partial charge in [-0.2, -0.15) is 0 Å². The third kappa shape index (κ3) is 2.67. The van der Waals surface area contributed by atoms with Crippen LogP contribution in [0.3, 0.4) is 0 Å². The summed E-state index contributed by atoms with van der Waals surface area (Å²) in [4.78, 5) is 19.0. The Labute approximate surface area is 117 Å². The van der Waals surface area contributed by atoms with Gasteiger partial charge in [-0.05, 0) is 25.0 Å². The Balaban J connectivity index is 1.79. The number of aromatic amines is 1. The molecule has 0 saturated heterocycles. The molecule has 20 heavy (non-hydrogen) atoms. The van der Waals surface area contributed by atoms with Crippen LogP contribution in [0.4, 0.5) is 5.95 Å². The average molecular weight is 273 g/mol. The Hall–Kier alpha value is -1.88. The van der Waals surface area contributed by atoms with Crippen LogP contribution in [0.15, 0.2) is 29.1 Å². The van der Waals surface area contributed by atoms with E-state index in [0.717, 1.165) is 25.7 Å². The van der Waals surface area contributed by atoms with Gasteiger partial charge in [-0.3, -0.25) is 9.78 Å². The summed E-state index contributed by atoms with van der Waals surface area (Å²) in [6.45, 7) is 0.425. The van der Waals surface area contributed by atoms with E-state index in [1.165, 1.54) is 6.42 Å². The SMILES string of the molecule is O=c1[nH]c(NCC2(O)CCCCC2)nc2ccccc12. The van der Waals surface area contributed by atoms with Crippen LogP contribution in [0.25, 0.3) is 10.9 Å². The van der Waals surface area contributed by atoms with Gasteiger partial charge in [0.05, 0.1) is 16.5 Å². The number of hydrogen-bond acceptors (Lipinski definition) is 4. The van der Waals surface area contributed by atoms with Gasteiger partial charge in [-0.1, -0.05) is 31.4 Å². The second-order valence-electron chi connectivity index (χ2n) is 5.57. The Morgan fingerprint density at radius 2 is 2.00 bits per heavy atom. The standard InChI is InChI=1S/C15H19N3O2/c19-13-11-6-2-3-7-12(11)17-14(18-13)16-10-15(20)8-4-1-5-9-15/h2-3,6-7,20H,1,4-5,8-10H2,(H2,16,17,18,19). The molecule has 0 aliphatic heterocycles. The van der Waals surface area contributed by atoms with Crippen LogP contribution in [0.2, 0.25) is 0 Å². The monoisotopic (exact) mass is 273 g/mol. The van der Waals surface area contributed by atoms with Crippen LogP contribution in [0.1, 0.15) is 32.1 Å². The van der Waals surface area contributed by atoms with Crippen LogP contribution in [-0.4, -0.2) is 27.2 Å². The number of aromatic nitrogens is 2. The number of fused-ring (bicyclic) bond motifs is 1. The molecule has 0 unspecified atom stereocenters. The molecule has 0 amide bonds. The van der Waals surface area contributed by atoms with E-state index in [9.17, 15) is 9.90 Å². The fraction of sp³-hybridized carbons (Fsp3) is 0.467. The summed E-state index contributed by atoms with van der Waals surface area (Å²) < 4.78 is 0. The summed E-state index contributed by atoms with van der Waals surface area (Å²) >= 11 is 0. The lowest BCUT2D eigenvalue weighted by Crippen LogP contribution is -2.39. The van der Waals surface area contributed by atoms with Crippen LogP contribution >= 0.6 is 0 Å². The van der Waals surface area contributed by atoms with Crippen molar-refractivity contribution < 1.29 is 5.11 Å². The second kappa shape index (κ2) is 5.25. The maximum Gasteiger partial charge on any atom is 0.260 e. The molecule has 0 atom stereocenters. The summed E-state index contributed by atoms with van der Waals surface area (Å²) in [6, 6.07) is 7.23. The molecule has 0 radical (unpaired) electrons. The van der Waals surface area contributed by atoms with Crippen molar-refractivity contribution in [2.75, 3.05) is 11.9 Å². The maximum atomic E-state index is 11.9. The number of hydrogen-bond donors (Lipinski definition) is 3. The lowest BCUT2D eigenvalue weighted by atomic mass is 9.85. The summed E-state index contributed by atoms with van der Waals surface area (Å²) in [5.74, 6) is 0.424. The van der Waals surface area contributed by atoms with E-state index in [1.807, 2.05) is 18.2 Å². The van der Waals surface area contributed by atoms with E-state index in [4.69, 9.17) is 0 Å². The Morgan fingerprint density at radius 3 is 2.80 bits per heavy atom. The zero-order chi connectivity index (χ0) is 14.0. The third-order valence-corrected chi connectivity index (χ3v) is 3.98. The van der Waals surface area contributed by atoms with Crippen molar-refractivity contribution in [2.24, 2.45) is 0 Å². The number of nitrogens with zero attached hydrogens (tertiary/aromatic N) is 1. The predicted molar refractivity (Wildman–Crippen MR) is 78.9 cm³/mol. The van der Waals surface area contributed by atoms with Gasteiger partial charge in [-0.25, -0.2) is 4.98 Å². The van der Waals surface area contributed by atoms with Crippen molar-refractivity contribution in [3.05, 3.63) is 34.6 Å². The van der Waals surface area contributed by atoms with Gasteiger partial charge in [0.15, 0.2) is 0 Å². The fourth-order valence-corrected chi connectivity index (χ4v) is 2.81. The number of para-hydroxylation sites is 1. The summed E-state index contributed by atoms with van der Waals surface area (Å²) in [6.07, 6.45) is 4.91. The first-order valence-corrected chi connectivity index (χ1v) is 7.12. The first-order chi connectivity index (χ1) is 9.66. The van der Waals surface area contributed by atoms with Gasteiger partial charge in [0.25, 0.3) is 5.56 Å². The van der Waals surface area contributed by atoms with E-state index in [0.29, 0.717) is 23.4 Å². The van der Waals surface area contributed by atoms with Gasteiger partial charge < -0.3 is 10.4 Å². The number of H-pyrrole nitrogens is 1. The van der Waals surface area contributed by atoms with Crippen molar-refractivity contribution >= 4 is 16.9 Å². The molecule has 1 aliphatic rings. The van der Waals surface area contributed by atoms with Crippen molar-refractivity contribution in [1.82, 2.24) is 9.97 Å². The van der Waals surface area contributed by atoms with Gasteiger partial charge in [0.1, 0.15) is 0 Å². The molecule has 5 heteroatoms. The molecule has 1 saturated carbocycles. The van der Waals surface area contributed by atoms with Crippen molar-refractivity contribution in [3.63, 3.8) is 0 Å². The summed E-state index contributed by atoms with van der Waals surface area (Å²) in [5.41, 5.74) is -0.175. The van der Waals surface area contributed by atoms with E-state index in [-0.39, 0.29) is 5.56 Å². The van der Waals surface area contributed by atoms with Crippen molar-refractivity contribution in [2.45, 2.75) is 37.7 Å². The smallest absolute Gasteiger partial charge is 0.260 e. The minimum absolute atomic E-state index is 0.159. The van der Waals surface area contributed by atoms with Crippen LogP contribution in [0.5, 0.6) is 0 Å². The normalized spacial score (nSPS) is 18.1. The van der Waals surface area contributed by atoms with Crippen LogP contribution < -0.4 is 10.9 Å². The van der Waals surface area contributed by atoms with Gasteiger partial charge in [0.2, 0.25) is 5.95 Å². The molecular formula is C15H19N3O2. The van der Waals surface area contributed by atoms with E-state index in [1.54, 1.807) is 6.07 Å². The second-order valence-corrected chi connectivity index (χ2v) is 5.57. The highest BCUT2D eigenvalue weighted by Crippen LogP contribution is 2.27. The Morgan fingerprint density at radius 1 is 1.25 bits per heavy atom. The number of aliphatic hydroxyl groups is 1. The van der Waals surface area contributed by atoms with Crippen molar-refractivity contribution in [3.8, 4) is 0 Å². The number of benzene rings is 1. The van der Waals surface area contributed by atoms with Crippen molar-refractivity contribution in [1.29, 1.82) is 0 Å². The first-order valence-electron chi connectivity index (χ1n) is 7.12. The summed E-state index contributed by atoms with van der Waals surface area (Å²) in [7, 11) is 0. The molecular weight excluding hydrogens is 254 g/mol. The first kappa shape index (κ1) is 13.1. The maximum absolute atomic E-state index is 11.9. The highest BCUT2D eigenvalue weighted by molar-refractivity contribution is 5.78. The highest BCUT2D eigenvalue weighted by Gasteiger charge is 2.28. The molecule has 0 bridgehead atoms. The molecule has 3 rings (SSSR count). The minimum Gasteiger partial charge on any atom is -0.388 e. The summed E-state index contributed by atoms with van der Waals surface area (Å²) in [5, 5.41) is 14.1. The third-order valence-electron chi connectivity index (χ3n) is 3.98. The van der Waals surface area contributed by atoms with E-state index in [2.05, 4.69) is 15.3 Å². The number of nitrogens with one attached hydrogen (secondary N) is 2. The van der Waals surface area contributed by atoms with Gasteiger partial charge in [-0.15, -0.1) is 0 Å². The molecule has 1 aromatic heterocycles.